The van der Waals surface area contributed by atoms with Gasteiger partial charge in [-0.05, 0) is 44.0 Å². The Morgan fingerprint density at radius 1 is 1.07 bits per heavy atom. The van der Waals surface area contributed by atoms with Crippen molar-refractivity contribution in [1.82, 2.24) is 0 Å². The van der Waals surface area contributed by atoms with Crippen LogP contribution in [0.2, 0.25) is 0 Å². The van der Waals surface area contributed by atoms with E-state index >= 15 is 0 Å². The van der Waals surface area contributed by atoms with E-state index in [-0.39, 0.29) is 12.6 Å². The van der Waals surface area contributed by atoms with Crippen LogP contribution in [0.5, 0.6) is 5.75 Å². The number of hydrogen-bond acceptors (Lipinski definition) is 5. The highest BCUT2D eigenvalue weighted by molar-refractivity contribution is 5.75. The molecular formula is C22H28O5. The van der Waals surface area contributed by atoms with Crippen molar-refractivity contribution in [3.05, 3.63) is 65.2 Å². The van der Waals surface area contributed by atoms with Crippen LogP contribution in [0.3, 0.4) is 0 Å². The second-order valence-electron chi connectivity index (χ2n) is 6.29. The summed E-state index contributed by atoms with van der Waals surface area (Å²) in [6, 6.07) is 15.2. The molecule has 0 bridgehead atoms. The molecule has 0 saturated carbocycles. The topological polar surface area (TPSA) is 65.0 Å². The van der Waals surface area contributed by atoms with E-state index in [1.807, 2.05) is 62.4 Å². The Bertz CT molecular complexity index is 711. The van der Waals surface area contributed by atoms with Crippen molar-refractivity contribution in [2.24, 2.45) is 0 Å². The van der Waals surface area contributed by atoms with Crippen LogP contribution >= 0.6 is 0 Å². The van der Waals surface area contributed by atoms with Gasteiger partial charge in [-0.3, -0.25) is 0 Å². The van der Waals surface area contributed by atoms with Crippen LogP contribution in [0, 0.1) is 6.92 Å². The van der Waals surface area contributed by atoms with Gasteiger partial charge < -0.3 is 19.3 Å². The summed E-state index contributed by atoms with van der Waals surface area (Å²) in [4.78, 5) is 11.9. The molecule has 0 aliphatic rings. The fourth-order valence-corrected chi connectivity index (χ4v) is 2.73. The quantitative estimate of drug-likeness (QED) is 0.646. The maximum Gasteiger partial charge on any atom is 0.335 e. The molecule has 0 radical (unpaired) electrons. The average Bonchev–Trinajstić information content (AvgIpc) is 2.67. The molecule has 5 heteroatoms. The van der Waals surface area contributed by atoms with Gasteiger partial charge in [0.2, 0.25) is 0 Å². The number of rotatable bonds is 10. The Balaban J connectivity index is 1.91. The number of aliphatic hydroxyl groups excluding tert-OH is 1. The maximum atomic E-state index is 11.9. The zero-order valence-electron chi connectivity index (χ0n) is 16.2. The Morgan fingerprint density at radius 3 is 2.44 bits per heavy atom. The van der Waals surface area contributed by atoms with Crippen molar-refractivity contribution in [1.29, 1.82) is 0 Å². The van der Waals surface area contributed by atoms with Crippen LogP contribution in [0.4, 0.5) is 0 Å². The lowest BCUT2D eigenvalue weighted by atomic mass is 10.1. The average molecular weight is 372 g/mol. The van der Waals surface area contributed by atoms with E-state index in [2.05, 4.69) is 0 Å². The van der Waals surface area contributed by atoms with Crippen LogP contribution in [0.15, 0.2) is 48.5 Å². The smallest absolute Gasteiger partial charge is 0.335 e. The van der Waals surface area contributed by atoms with Crippen LogP contribution < -0.4 is 4.74 Å². The molecule has 146 valence electrons. The van der Waals surface area contributed by atoms with Crippen molar-refractivity contribution in [3.63, 3.8) is 0 Å². The monoisotopic (exact) mass is 372 g/mol. The Labute approximate surface area is 160 Å². The zero-order valence-corrected chi connectivity index (χ0v) is 16.2. The molecule has 1 N–H and O–H groups in total. The highest BCUT2D eigenvalue weighted by Gasteiger charge is 2.20. The first-order valence-corrected chi connectivity index (χ1v) is 9.28. The number of aliphatic hydroxyl groups is 1. The third-order valence-electron chi connectivity index (χ3n) is 4.10. The second-order valence-corrected chi connectivity index (χ2v) is 6.29. The van der Waals surface area contributed by atoms with E-state index in [1.165, 1.54) is 0 Å². The molecule has 0 aromatic heterocycles. The molecule has 5 nitrogen and oxygen atoms in total. The van der Waals surface area contributed by atoms with Gasteiger partial charge >= 0.3 is 5.97 Å². The minimum absolute atomic E-state index is 0.174. The van der Waals surface area contributed by atoms with Gasteiger partial charge in [0.05, 0.1) is 6.61 Å². The predicted octanol–water partition coefficient (Wildman–Crippen LogP) is 3.62. The molecule has 27 heavy (non-hydrogen) atoms. The summed E-state index contributed by atoms with van der Waals surface area (Å²) in [6.45, 7) is 6.57. The van der Waals surface area contributed by atoms with Gasteiger partial charge in [0.15, 0.2) is 6.10 Å². The summed E-state index contributed by atoms with van der Waals surface area (Å²) < 4.78 is 16.2. The summed E-state index contributed by atoms with van der Waals surface area (Å²) in [7, 11) is 0. The lowest BCUT2D eigenvalue weighted by Gasteiger charge is -2.16. The van der Waals surface area contributed by atoms with Crippen LogP contribution in [0.1, 0.15) is 36.6 Å². The third-order valence-corrected chi connectivity index (χ3v) is 4.10. The third kappa shape index (κ3) is 6.70. The highest BCUT2D eigenvalue weighted by Crippen LogP contribution is 2.19. The molecule has 0 heterocycles. The van der Waals surface area contributed by atoms with E-state index < -0.39 is 12.2 Å². The highest BCUT2D eigenvalue weighted by atomic mass is 16.6. The number of carbonyl (C=O) groups excluding carboxylic acids is 1. The van der Waals surface area contributed by atoms with Gasteiger partial charge in [-0.2, -0.15) is 0 Å². The molecular weight excluding hydrogens is 344 g/mol. The number of benzene rings is 2. The van der Waals surface area contributed by atoms with Gasteiger partial charge in [-0.1, -0.05) is 42.0 Å². The first-order chi connectivity index (χ1) is 13.0. The zero-order chi connectivity index (χ0) is 19.6. The molecule has 2 atom stereocenters. The normalized spacial score (nSPS) is 13.0. The number of aryl methyl sites for hydroxylation is 1. The summed E-state index contributed by atoms with van der Waals surface area (Å²) >= 11 is 0. The van der Waals surface area contributed by atoms with Crippen LogP contribution in [0.25, 0.3) is 0 Å². The number of carbonyl (C=O) groups is 1. The molecule has 0 fully saturated rings. The molecule has 2 rings (SSSR count). The summed E-state index contributed by atoms with van der Waals surface area (Å²) in [6.07, 6.45) is -0.848. The Kier molecular flexibility index (Phi) is 8.30. The molecule has 0 aliphatic carbocycles. The van der Waals surface area contributed by atoms with E-state index in [1.54, 1.807) is 6.92 Å². The minimum Gasteiger partial charge on any atom is -0.491 e. The van der Waals surface area contributed by atoms with Crippen molar-refractivity contribution in [2.45, 2.75) is 39.4 Å². The van der Waals surface area contributed by atoms with Crippen LogP contribution in [-0.4, -0.2) is 37.0 Å². The molecule has 0 unspecified atom stereocenters. The lowest BCUT2D eigenvalue weighted by Crippen LogP contribution is -2.28. The molecule has 0 spiro atoms. The summed E-state index contributed by atoms with van der Waals surface area (Å²) in [5.74, 6) is 0.315. The minimum atomic E-state index is -0.685. The van der Waals surface area contributed by atoms with E-state index in [4.69, 9.17) is 14.2 Å². The number of ether oxygens (including phenoxy) is 3. The first kappa shape index (κ1) is 20.9. The summed E-state index contributed by atoms with van der Waals surface area (Å²) in [5, 5.41) is 10.3. The van der Waals surface area contributed by atoms with Gasteiger partial charge in [0.25, 0.3) is 0 Å². The fraction of sp³-hybridized carbons (Fsp3) is 0.409. The standard InChI is InChI=1S/C22H28O5/c1-4-25-21(22(24)26-5-2)14-17-9-11-19(12-10-17)27-15-20(23)18-8-6-7-16(3)13-18/h6-13,20-21,23H,4-5,14-15H2,1-3H3/t20-,21+/m0/s1. The lowest BCUT2D eigenvalue weighted by molar-refractivity contribution is -0.156. The molecule has 0 aliphatic heterocycles. The van der Waals surface area contributed by atoms with Gasteiger partial charge in [-0.15, -0.1) is 0 Å². The molecule has 2 aromatic rings. The van der Waals surface area contributed by atoms with E-state index in [9.17, 15) is 9.90 Å². The van der Waals surface area contributed by atoms with Gasteiger partial charge in [0.1, 0.15) is 18.5 Å². The van der Waals surface area contributed by atoms with Crippen molar-refractivity contribution >= 4 is 5.97 Å². The van der Waals surface area contributed by atoms with E-state index in [0.717, 1.165) is 16.7 Å². The van der Waals surface area contributed by atoms with Gasteiger partial charge in [-0.25, -0.2) is 4.79 Å². The first-order valence-electron chi connectivity index (χ1n) is 9.28. The maximum absolute atomic E-state index is 11.9. The largest absolute Gasteiger partial charge is 0.491 e. The molecule has 0 saturated heterocycles. The molecule has 2 aromatic carbocycles. The SMILES string of the molecule is CCOC(=O)[C@@H](Cc1ccc(OC[C@H](O)c2cccc(C)c2)cc1)OCC. The second kappa shape index (κ2) is 10.7. The Morgan fingerprint density at radius 2 is 1.81 bits per heavy atom. The van der Waals surface area contributed by atoms with Crippen LogP contribution in [-0.2, 0) is 20.7 Å². The number of hydrogen-bond donors (Lipinski definition) is 1. The predicted molar refractivity (Wildman–Crippen MR) is 104 cm³/mol. The molecule has 0 amide bonds. The van der Waals surface area contributed by atoms with Gasteiger partial charge in [0, 0.05) is 13.0 Å². The van der Waals surface area contributed by atoms with Crippen molar-refractivity contribution < 1.29 is 24.1 Å². The Hall–Kier alpha value is -2.37. The fourth-order valence-electron chi connectivity index (χ4n) is 2.73. The summed E-state index contributed by atoms with van der Waals surface area (Å²) in [5.41, 5.74) is 2.88. The number of esters is 1. The van der Waals surface area contributed by atoms with Crippen molar-refractivity contribution in [3.8, 4) is 5.75 Å². The van der Waals surface area contributed by atoms with Crippen molar-refractivity contribution in [2.75, 3.05) is 19.8 Å². The van der Waals surface area contributed by atoms with E-state index in [0.29, 0.717) is 25.4 Å².